The number of sulfonamides is 1. The summed E-state index contributed by atoms with van der Waals surface area (Å²) in [6.07, 6.45) is 2.55. The number of methoxy groups -OCH3 is 1. The lowest BCUT2D eigenvalue weighted by atomic mass is 10.2. The zero-order valence-corrected chi connectivity index (χ0v) is 19.1. The first-order valence-corrected chi connectivity index (χ1v) is 11.5. The molecule has 0 unspecified atom stereocenters. The molecular weight excluding hydrogens is 444 g/mol. The highest BCUT2D eigenvalue weighted by molar-refractivity contribution is 7.92. The molecule has 2 N–H and O–H groups in total. The van der Waals surface area contributed by atoms with Gasteiger partial charge in [-0.2, -0.15) is 5.10 Å². The van der Waals surface area contributed by atoms with Gasteiger partial charge in [0.2, 0.25) is 10.0 Å². The van der Waals surface area contributed by atoms with Crippen LogP contribution in [0.5, 0.6) is 5.75 Å². The zero-order valence-electron chi connectivity index (χ0n) is 17.5. The van der Waals surface area contributed by atoms with Crippen molar-refractivity contribution < 1.29 is 17.9 Å². The molecule has 3 rings (SSSR count). The highest BCUT2D eigenvalue weighted by Crippen LogP contribution is 2.31. The molecule has 3 aromatic rings. The van der Waals surface area contributed by atoms with Crippen LogP contribution in [0, 0.1) is 0 Å². The average Bonchev–Trinajstić information content (AvgIpc) is 3.04. The van der Waals surface area contributed by atoms with Gasteiger partial charge in [0.05, 0.1) is 30.0 Å². The second kappa shape index (κ2) is 9.08. The number of carbonyl (C=O) groups is 1. The van der Waals surface area contributed by atoms with E-state index in [2.05, 4.69) is 20.1 Å². The van der Waals surface area contributed by atoms with E-state index in [1.54, 1.807) is 18.2 Å². The third-order valence-electron chi connectivity index (χ3n) is 4.30. The minimum absolute atomic E-state index is 0.193. The van der Waals surface area contributed by atoms with Crippen LogP contribution in [0.2, 0.25) is 5.15 Å². The van der Waals surface area contributed by atoms with Gasteiger partial charge in [-0.05, 0) is 26.2 Å². The number of nitrogens with one attached hydrogen (secondary N) is 2. The molecule has 0 atom stereocenters. The molecule has 0 aliphatic rings. The van der Waals surface area contributed by atoms with Crippen LogP contribution in [-0.4, -0.2) is 74.5 Å². The number of nitrogens with zero attached hydrogens (tertiary/aromatic N) is 4. The maximum absolute atomic E-state index is 12.8. The number of hydrogen-bond acceptors (Lipinski definition) is 7. The maximum atomic E-state index is 12.8. The fourth-order valence-electron chi connectivity index (χ4n) is 2.94. The van der Waals surface area contributed by atoms with E-state index in [1.165, 1.54) is 24.1 Å². The minimum Gasteiger partial charge on any atom is -0.494 e. The van der Waals surface area contributed by atoms with Gasteiger partial charge >= 0.3 is 0 Å². The van der Waals surface area contributed by atoms with Gasteiger partial charge in [0.1, 0.15) is 16.6 Å². The molecular formula is C19H23ClN6O4S. The molecule has 2 heterocycles. The zero-order chi connectivity index (χ0) is 22.8. The van der Waals surface area contributed by atoms with E-state index >= 15 is 0 Å². The third-order valence-corrected chi connectivity index (χ3v) is 5.12. The van der Waals surface area contributed by atoms with Crippen LogP contribution in [0.4, 0.5) is 5.69 Å². The molecule has 0 aliphatic heterocycles. The molecule has 0 saturated heterocycles. The predicted octanol–water partition coefficient (Wildman–Crippen LogP) is 1.75. The smallest absolute Gasteiger partial charge is 0.272 e. The maximum Gasteiger partial charge on any atom is 0.272 e. The van der Waals surface area contributed by atoms with Gasteiger partial charge in [-0.1, -0.05) is 11.6 Å². The Morgan fingerprint density at radius 3 is 2.68 bits per heavy atom. The van der Waals surface area contributed by atoms with E-state index < -0.39 is 10.0 Å². The second-order valence-electron chi connectivity index (χ2n) is 7.10. The number of likely N-dealkylation sites (N-methyl/N-ethyl adjacent to an activating group) is 1. The summed E-state index contributed by atoms with van der Waals surface area (Å²) in [5.74, 6) is 0.00889. The SMILES string of the molecule is COc1cc(NS(C)(=O)=O)ccc1-n1nc(C(=O)NCCN(C)C)c2cnc(Cl)cc21. The van der Waals surface area contributed by atoms with Gasteiger partial charge in [-0.3, -0.25) is 9.52 Å². The van der Waals surface area contributed by atoms with Crippen molar-refractivity contribution in [3.05, 3.63) is 41.3 Å². The van der Waals surface area contributed by atoms with Crippen molar-refractivity contribution in [2.45, 2.75) is 0 Å². The molecule has 31 heavy (non-hydrogen) atoms. The summed E-state index contributed by atoms with van der Waals surface area (Å²) in [6.45, 7) is 1.13. The van der Waals surface area contributed by atoms with Gasteiger partial charge in [0.15, 0.2) is 5.69 Å². The average molecular weight is 467 g/mol. The topological polar surface area (TPSA) is 118 Å². The van der Waals surface area contributed by atoms with Crippen molar-refractivity contribution in [2.24, 2.45) is 0 Å². The van der Waals surface area contributed by atoms with Crippen molar-refractivity contribution in [1.82, 2.24) is 25.0 Å². The van der Waals surface area contributed by atoms with Crippen LogP contribution >= 0.6 is 11.6 Å². The second-order valence-corrected chi connectivity index (χ2v) is 9.24. The standard InChI is InChI=1S/C19H23ClN6O4S/c1-25(2)8-7-21-19(27)18-13-11-22-17(20)10-15(13)26(23-18)14-6-5-12(9-16(14)30-3)24-31(4,28)29/h5-6,9-11,24H,7-8H2,1-4H3,(H,21,27). The van der Waals surface area contributed by atoms with Crippen molar-refractivity contribution in [3.8, 4) is 11.4 Å². The molecule has 166 valence electrons. The summed E-state index contributed by atoms with van der Waals surface area (Å²) in [7, 11) is 1.83. The largest absolute Gasteiger partial charge is 0.494 e. The van der Waals surface area contributed by atoms with Gasteiger partial charge in [-0.15, -0.1) is 0 Å². The van der Waals surface area contributed by atoms with Crippen LogP contribution in [0.3, 0.4) is 0 Å². The predicted molar refractivity (Wildman–Crippen MR) is 120 cm³/mol. The Labute approximate surface area is 185 Å². The molecule has 0 fully saturated rings. The molecule has 0 bridgehead atoms. The van der Waals surface area contributed by atoms with E-state index in [4.69, 9.17) is 16.3 Å². The Kier molecular flexibility index (Phi) is 6.68. The Balaban J connectivity index is 2.08. The highest BCUT2D eigenvalue weighted by Gasteiger charge is 2.21. The molecule has 10 nitrogen and oxygen atoms in total. The number of hydrogen-bond donors (Lipinski definition) is 2. The molecule has 2 aromatic heterocycles. The van der Waals surface area contributed by atoms with Crippen LogP contribution in [0.15, 0.2) is 30.5 Å². The van der Waals surface area contributed by atoms with Gasteiger partial charge in [0.25, 0.3) is 5.91 Å². The summed E-state index contributed by atoms with van der Waals surface area (Å²) >= 11 is 6.09. The Bertz CT molecular complexity index is 1230. The lowest BCUT2D eigenvalue weighted by Gasteiger charge is -2.12. The number of pyridine rings is 1. The van der Waals surface area contributed by atoms with Gasteiger partial charge in [-0.25, -0.2) is 18.1 Å². The van der Waals surface area contributed by atoms with E-state index in [0.29, 0.717) is 41.1 Å². The number of amides is 1. The molecule has 0 radical (unpaired) electrons. The number of carbonyl (C=O) groups excluding carboxylic acids is 1. The molecule has 0 saturated carbocycles. The fourth-order valence-corrected chi connectivity index (χ4v) is 3.65. The van der Waals surface area contributed by atoms with Crippen LogP contribution in [0.25, 0.3) is 16.6 Å². The van der Waals surface area contributed by atoms with E-state index in [1.807, 2.05) is 19.0 Å². The first-order chi connectivity index (χ1) is 14.6. The third kappa shape index (κ3) is 5.43. The normalized spacial score (nSPS) is 11.7. The number of halogens is 1. The van der Waals surface area contributed by atoms with Crippen LogP contribution in [-0.2, 0) is 10.0 Å². The first-order valence-electron chi connectivity index (χ1n) is 9.22. The lowest BCUT2D eigenvalue weighted by molar-refractivity contribution is 0.0947. The summed E-state index contributed by atoms with van der Waals surface area (Å²) in [6, 6.07) is 6.35. The Morgan fingerprint density at radius 1 is 1.29 bits per heavy atom. The van der Waals surface area contributed by atoms with Crippen LogP contribution in [0.1, 0.15) is 10.5 Å². The first kappa shape index (κ1) is 22.8. The van der Waals surface area contributed by atoms with E-state index in [0.717, 1.165) is 6.26 Å². The molecule has 0 spiro atoms. The lowest BCUT2D eigenvalue weighted by Crippen LogP contribution is -2.31. The quantitative estimate of drug-likeness (QED) is 0.485. The number of anilines is 1. The molecule has 0 aliphatic carbocycles. The minimum atomic E-state index is -3.45. The fraction of sp³-hybridized carbons (Fsp3) is 0.316. The van der Waals surface area contributed by atoms with E-state index in [-0.39, 0.29) is 16.8 Å². The van der Waals surface area contributed by atoms with Gasteiger partial charge < -0.3 is 15.0 Å². The van der Waals surface area contributed by atoms with Crippen molar-refractivity contribution in [3.63, 3.8) is 0 Å². The number of ether oxygens (including phenoxy) is 1. The molecule has 1 aromatic carbocycles. The van der Waals surface area contributed by atoms with Crippen LogP contribution < -0.4 is 14.8 Å². The summed E-state index contributed by atoms with van der Waals surface area (Å²) in [5, 5.41) is 8.08. The van der Waals surface area contributed by atoms with Crippen molar-refractivity contribution in [2.75, 3.05) is 45.3 Å². The van der Waals surface area contributed by atoms with Gasteiger partial charge in [0, 0.05) is 31.4 Å². The Hall–Kier alpha value is -2.89. The number of rotatable bonds is 8. The Morgan fingerprint density at radius 2 is 2.03 bits per heavy atom. The summed E-state index contributed by atoms with van der Waals surface area (Å²) < 4.78 is 32.4. The number of fused-ring (bicyclic) bond motifs is 1. The van der Waals surface area contributed by atoms with Crippen molar-refractivity contribution >= 4 is 44.1 Å². The number of aromatic nitrogens is 3. The molecule has 12 heteroatoms. The monoisotopic (exact) mass is 466 g/mol. The highest BCUT2D eigenvalue weighted by atomic mass is 35.5. The number of benzene rings is 1. The molecule has 1 amide bonds. The summed E-state index contributed by atoms with van der Waals surface area (Å²) in [4.78, 5) is 18.8. The summed E-state index contributed by atoms with van der Waals surface area (Å²) in [5.41, 5.74) is 1.58. The van der Waals surface area contributed by atoms with E-state index in [9.17, 15) is 13.2 Å². The van der Waals surface area contributed by atoms with Crippen molar-refractivity contribution in [1.29, 1.82) is 0 Å².